The summed E-state index contributed by atoms with van der Waals surface area (Å²) in [6, 6.07) is 16.3. The van der Waals surface area contributed by atoms with E-state index < -0.39 is 18.0 Å². The van der Waals surface area contributed by atoms with Crippen LogP contribution in [-0.4, -0.2) is 54.7 Å². The Morgan fingerprint density at radius 3 is 2.14 bits per heavy atom. The lowest BCUT2D eigenvalue weighted by molar-refractivity contribution is -0.139. The highest BCUT2D eigenvalue weighted by molar-refractivity contribution is 5.80. The molecule has 3 rings (SSSR count). The van der Waals surface area contributed by atoms with Gasteiger partial charge in [0.25, 0.3) is 0 Å². The van der Waals surface area contributed by atoms with Crippen LogP contribution in [0.25, 0.3) is 11.1 Å². The zero-order valence-corrected chi connectivity index (χ0v) is 21.0. The number of ether oxygens (including phenoxy) is 1. The molecule has 1 aliphatic carbocycles. The SMILES string of the molecule is CN(CCCC(=O)O)C(=O)C(CNC(=O)OCC1c2ccccc2-c2ccccc21)CC(C)(C)C. The summed E-state index contributed by atoms with van der Waals surface area (Å²) in [6.07, 6.45) is 0.435. The van der Waals surface area contributed by atoms with E-state index in [1.54, 1.807) is 11.9 Å². The van der Waals surface area contributed by atoms with Crippen molar-refractivity contribution in [3.8, 4) is 11.1 Å². The number of hydrogen-bond acceptors (Lipinski definition) is 4. The molecule has 1 atom stereocenters. The van der Waals surface area contributed by atoms with E-state index in [0.717, 1.165) is 11.1 Å². The van der Waals surface area contributed by atoms with Crippen LogP contribution in [0.5, 0.6) is 0 Å². The van der Waals surface area contributed by atoms with E-state index in [1.165, 1.54) is 11.1 Å². The van der Waals surface area contributed by atoms with Gasteiger partial charge in [-0.3, -0.25) is 9.59 Å². The second-order valence-electron chi connectivity index (χ2n) is 10.4. The highest BCUT2D eigenvalue weighted by Crippen LogP contribution is 2.44. The molecule has 2 N–H and O–H groups in total. The molecular formula is C28H36N2O5. The number of carboxylic acid groups (broad SMARTS) is 1. The molecule has 2 amide bonds. The van der Waals surface area contributed by atoms with Crippen molar-refractivity contribution in [3.05, 3.63) is 59.7 Å². The Morgan fingerprint density at radius 2 is 1.60 bits per heavy atom. The summed E-state index contributed by atoms with van der Waals surface area (Å²) in [5, 5.41) is 11.6. The molecule has 1 unspecified atom stereocenters. The first-order chi connectivity index (χ1) is 16.6. The lowest BCUT2D eigenvalue weighted by Gasteiger charge is -2.29. The van der Waals surface area contributed by atoms with Crippen LogP contribution in [0.2, 0.25) is 0 Å². The van der Waals surface area contributed by atoms with Crippen molar-refractivity contribution in [2.75, 3.05) is 26.7 Å². The average molecular weight is 481 g/mol. The zero-order valence-electron chi connectivity index (χ0n) is 21.0. The number of amides is 2. The van der Waals surface area contributed by atoms with E-state index in [9.17, 15) is 14.4 Å². The van der Waals surface area contributed by atoms with Crippen LogP contribution in [-0.2, 0) is 14.3 Å². The predicted molar refractivity (Wildman–Crippen MR) is 135 cm³/mol. The second-order valence-corrected chi connectivity index (χ2v) is 10.4. The van der Waals surface area contributed by atoms with Crippen LogP contribution in [0.15, 0.2) is 48.5 Å². The van der Waals surface area contributed by atoms with Crippen molar-refractivity contribution < 1.29 is 24.2 Å². The van der Waals surface area contributed by atoms with E-state index in [0.29, 0.717) is 19.4 Å². The summed E-state index contributed by atoms with van der Waals surface area (Å²) in [6.45, 7) is 6.88. The molecule has 0 fully saturated rings. The maximum atomic E-state index is 13.0. The van der Waals surface area contributed by atoms with Crippen LogP contribution in [0.1, 0.15) is 57.1 Å². The number of aliphatic carboxylic acids is 1. The number of benzene rings is 2. The van der Waals surface area contributed by atoms with Gasteiger partial charge in [0.1, 0.15) is 6.61 Å². The number of rotatable bonds is 10. The van der Waals surface area contributed by atoms with Crippen molar-refractivity contribution in [3.63, 3.8) is 0 Å². The molecule has 188 valence electrons. The average Bonchev–Trinajstić information content (AvgIpc) is 3.12. The monoisotopic (exact) mass is 480 g/mol. The Labute approximate surface area is 207 Å². The number of carboxylic acids is 1. The molecule has 7 nitrogen and oxygen atoms in total. The summed E-state index contributed by atoms with van der Waals surface area (Å²) in [4.78, 5) is 38.0. The molecule has 7 heteroatoms. The fourth-order valence-corrected chi connectivity index (χ4v) is 4.73. The van der Waals surface area contributed by atoms with E-state index in [-0.39, 0.29) is 36.8 Å². The van der Waals surface area contributed by atoms with Crippen LogP contribution in [0.3, 0.4) is 0 Å². The first kappa shape index (κ1) is 26.3. The topological polar surface area (TPSA) is 95.9 Å². The molecule has 0 saturated heterocycles. The van der Waals surface area contributed by atoms with E-state index in [1.807, 2.05) is 45.0 Å². The third kappa shape index (κ3) is 7.07. The van der Waals surface area contributed by atoms with Crippen LogP contribution >= 0.6 is 0 Å². The van der Waals surface area contributed by atoms with Crippen molar-refractivity contribution in [1.29, 1.82) is 0 Å². The Kier molecular flexibility index (Phi) is 8.54. The third-order valence-corrected chi connectivity index (χ3v) is 6.30. The summed E-state index contributed by atoms with van der Waals surface area (Å²) in [7, 11) is 1.67. The first-order valence-electron chi connectivity index (χ1n) is 12.1. The van der Waals surface area contributed by atoms with E-state index in [4.69, 9.17) is 9.84 Å². The fraction of sp³-hybridized carbons (Fsp3) is 0.464. The number of fused-ring (bicyclic) bond motifs is 3. The highest BCUT2D eigenvalue weighted by atomic mass is 16.5. The maximum absolute atomic E-state index is 13.0. The summed E-state index contributed by atoms with van der Waals surface area (Å²) in [5.74, 6) is -1.44. The van der Waals surface area contributed by atoms with Crippen LogP contribution in [0, 0.1) is 11.3 Å². The van der Waals surface area contributed by atoms with Crippen molar-refractivity contribution in [1.82, 2.24) is 10.2 Å². The molecule has 2 aromatic rings. The predicted octanol–water partition coefficient (Wildman–Crippen LogP) is 4.90. The van der Waals surface area contributed by atoms with Crippen molar-refractivity contribution in [2.24, 2.45) is 11.3 Å². The standard InChI is InChI=1S/C28H36N2O5/c1-28(2,3)16-19(26(33)30(4)15-9-14-25(31)32)17-29-27(34)35-18-24-22-12-7-5-10-20(22)21-11-6-8-13-23(21)24/h5-8,10-13,19,24H,9,14-18H2,1-4H3,(H,29,34)(H,31,32). The maximum Gasteiger partial charge on any atom is 0.407 e. The molecule has 2 aromatic carbocycles. The van der Waals surface area contributed by atoms with Gasteiger partial charge >= 0.3 is 12.1 Å². The summed E-state index contributed by atoms with van der Waals surface area (Å²) < 4.78 is 5.61. The minimum absolute atomic E-state index is 0.0134. The van der Waals surface area contributed by atoms with Crippen LogP contribution < -0.4 is 5.32 Å². The summed E-state index contributed by atoms with van der Waals surface area (Å²) >= 11 is 0. The van der Waals surface area contributed by atoms with E-state index >= 15 is 0 Å². The van der Waals surface area contributed by atoms with Crippen molar-refractivity contribution in [2.45, 2.75) is 46.0 Å². The minimum atomic E-state index is -0.881. The van der Waals surface area contributed by atoms with Gasteiger partial charge in [-0.2, -0.15) is 0 Å². The number of carbonyl (C=O) groups excluding carboxylic acids is 2. The Bertz CT molecular complexity index is 1010. The number of alkyl carbamates (subject to hydrolysis) is 1. The van der Waals surface area contributed by atoms with Gasteiger partial charge in [0.15, 0.2) is 0 Å². The molecule has 0 aromatic heterocycles. The number of nitrogens with zero attached hydrogens (tertiary/aromatic N) is 1. The first-order valence-corrected chi connectivity index (χ1v) is 12.1. The molecular weight excluding hydrogens is 444 g/mol. The quantitative estimate of drug-likeness (QED) is 0.504. The molecule has 0 radical (unpaired) electrons. The normalized spacial score (nSPS) is 13.5. The van der Waals surface area contributed by atoms with Gasteiger partial charge in [-0.15, -0.1) is 0 Å². The Balaban J connectivity index is 1.59. The van der Waals surface area contributed by atoms with Gasteiger partial charge in [-0.1, -0.05) is 69.3 Å². The molecule has 35 heavy (non-hydrogen) atoms. The largest absolute Gasteiger partial charge is 0.481 e. The molecule has 0 spiro atoms. The van der Waals surface area contributed by atoms with Crippen LogP contribution in [0.4, 0.5) is 4.79 Å². The number of nitrogens with one attached hydrogen (secondary N) is 1. The fourth-order valence-electron chi connectivity index (χ4n) is 4.73. The zero-order chi connectivity index (χ0) is 25.6. The smallest absolute Gasteiger partial charge is 0.407 e. The van der Waals surface area contributed by atoms with E-state index in [2.05, 4.69) is 29.6 Å². The molecule has 0 saturated carbocycles. The Hall–Kier alpha value is -3.35. The summed E-state index contributed by atoms with van der Waals surface area (Å²) in [5.41, 5.74) is 4.50. The number of carbonyl (C=O) groups is 3. The lowest BCUT2D eigenvalue weighted by Crippen LogP contribution is -2.42. The third-order valence-electron chi connectivity index (χ3n) is 6.30. The lowest BCUT2D eigenvalue weighted by atomic mass is 9.84. The van der Waals surface area contributed by atoms with Gasteiger partial charge < -0.3 is 20.1 Å². The van der Waals surface area contributed by atoms with Gasteiger partial charge in [-0.05, 0) is 40.5 Å². The van der Waals surface area contributed by atoms with Crippen molar-refractivity contribution >= 4 is 18.0 Å². The van der Waals surface area contributed by atoms with Gasteiger partial charge in [0.05, 0.1) is 5.92 Å². The molecule has 0 bridgehead atoms. The highest BCUT2D eigenvalue weighted by Gasteiger charge is 2.30. The van der Waals surface area contributed by atoms with Gasteiger partial charge in [-0.25, -0.2) is 4.79 Å². The van der Waals surface area contributed by atoms with Gasteiger partial charge in [0.2, 0.25) is 5.91 Å². The molecule has 1 aliphatic rings. The van der Waals surface area contributed by atoms with Gasteiger partial charge in [0, 0.05) is 32.5 Å². The Morgan fingerprint density at radius 1 is 1.03 bits per heavy atom. The molecule has 0 heterocycles. The minimum Gasteiger partial charge on any atom is -0.481 e. The second kappa shape index (κ2) is 11.4. The number of hydrogen-bond donors (Lipinski definition) is 2. The molecule has 0 aliphatic heterocycles.